The summed E-state index contributed by atoms with van der Waals surface area (Å²) in [7, 11) is 0. The van der Waals surface area contributed by atoms with Crippen LogP contribution in [0.25, 0.3) is 0 Å². The summed E-state index contributed by atoms with van der Waals surface area (Å²) in [6.07, 6.45) is 0.894. The molecule has 17 heavy (non-hydrogen) atoms. The largest absolute Gasteiger partial charge is 0.295 e. The summed E-state index contributed by atoms with van der Waals surface area (Å²) in [5.41, 5.74) is 3.26. The highest BCUT2D eigenvalue weighted by atomic mass is 79.9. The van der Waals surface area contributed by atoms with Crippen molar-refractivity contribution in [1.82, 2.24) is 0 Å². The molecule has 0 aromatic heterocycles. The molecule has 0 spiro atoms. The molecule has 2 aromatic rings. The molecule has 0 N–H and O–H groups in total. The highest BCUT2D eigenvalue weighted by molar-refractivity contribution is 9.10. The van der Waals surface area contributed by atoms with Crippen LogP contribution in [0.4, 0.5) is 0 Å². The Morgan fingerprint density at radius 1 is 0.941 bits per heavy atom. The van der Waals surface area contributed by atoms with Crippen molar-refractivity contribution in [3.05, 3.63) is 69.7 Å². The maximum Gasteiger partial charge on any atom is 0.159 e. The first-order valence-electron chi connectivity index (χ1n) is 5.49. The third kappa shape index (κ3) is 3.27. The molecular weight excluding hydrogens is 276 g/mol. The first-order valence-corrected chi connectivity index (χ1v) is 6.29. The molecule has 86 valence electrons. The van der Waals surface area contributed by atoms with Crippen molar-refractivity contribution in [2.24, 2.45) is 0 Å². The van der Waals surface area contributed by atoms with Crippen LogP contribution in [0.5, 0.6) is 0 Å². The smallest absolute Gasteiger partial charge is 0.159 e. The topological polar surface area (TPSA) is 17.1 Å². The molecule has 1 nitrogen and oxygen atoms in total. The monoisotopic (exact) mass is 288 g/mol. The van der Waals surface area contributed by atoms with Crippen LogP contribution in [0.1, 0.15) is 28.4 Å². The van der Waals surface area contributed by atoms with Crippen LogP contribution in [0.15, 0.2) is 53.0 Å². The molecule has 0 amide bonds. The lowest BCUT2D eigenvalue weighted by atomic mass is 10.0. The van der Waals surface area contributed by atoms with Crippen molar-refractivity contribution in [3.8, 4) is 0 Å². The maximum absolute atomic E-state index is 11.1. The van der Waals surface area contributed by atoms with Gasteiger partial charge in [-0.05, 0) is 36.6 Å². The van der Waals surface area contributed by atoms with Crippen molar-refractivity contribution in [1.29, 1.82) is 0 Å². The fraction of sp³-hybridized carbons (Fsp3) is 0.133. The van der Waals surface area contributed by atoms with Crippen LogP contribution >= 0.6 is 15.9 Å². The first-order chi connectivity index (χ1) is 8.15. The Balaban J connectivity index is 2.13. The Kier molecular flexibility index (Phi) is 3.75. The van der Waals surface area contributed by atoms with Crippen LogP contribution in [0.3, 0.4) is 0 Å². The first kappa shape index (κ1) is 12.1. The summed E-state index contributed by atoms with van der Waals surface area (Å²) in [5.74, 6) is 0.111. The van der Waals surface area contributed by atoms with Gasteiger partial charge in [0.25, 0.3) is 0 Å². The number of hydrogen-bond donors (Lipinski definition) is 0. The molecule has 0 aliphatic heterocycles. The number of hydrogen-bond acceptors (Lipinski definition) is 1. The van der Waals surface area contributed by atoms with Gasteiger partial charge in [-0.1, -0.05) is 52.3 Å². The predicted molar refractivity (Wildman–Crippen MR) is 73.4 cm³/mol. The highest BCUT2D eigenvalue weighted by Crippen LogP contribution is 2.14. The van der Waals surface area contributed by atoms with E-state index < -0.39 is 0 Å². The summed E-state index contributed by atoms with van der Waals surface area (Å²) in [6.45, 7) is 1.59. The Hall–Kier alpha value is -1.41. The molecule has 2 rings (SSSR count). The van der Waals surface area contributed by atoms with Crippen LogP contribution < -0.4 is 0 Å². The van der Waals surface area contributed by atoms with E-state index in [9.17, 15) is 4.79 Å². The van der Waals surface area contributed by atoms with Gasteiger partial charge in [-0.3, -0.25) is 4.79 Å². The van der Waals surface area contributed by atoms with Gasteiger partial charge < -0.3 is 0 Å². The number of rotatable bonds is 3. The van der Waals surface area contributed by atoms with E-state index in [2.05, 4.69) is 28.1 Å². The minimum Gasteiger partial charge on any atom is -0.295 e. The van der Waals surface area contributed by atoms with Crippen molar-refractivity contribution < 1.29 is 4.79 Å². The second-order valence-electron chi connectivity index (χ2n) is 4.06. The van der Waals surface area contributed by atoms with E-state index in [1.807, 2.05) is 36.4 Å². The minimum absolute atomic E-state index is 0.111. The summed E-state index contributed by atoms with van der Waals surface area (Å²) < 4.78 is 1.09. The van der Waals surface area contributed by atoms with Crippen molar-refractivity contribution >= 4 is 21.7 Å². The van der Waals surface area contributed by atoms with Gasteiger partial charge in [0.2, 0.25) is 0 Å². The number of carbonyl (C=O) groups is 1. The average molecular weight is 289 g/mol. The standard InChI is InChI=1S/C15H13BrO/c1-11(17)14-6-2-12(3-7-14)10-13-4-8-15(16)9-5-13/h2-9H,10H2,1H3. The van der Waals surface area contributed by atoms with Crippen molar-refractivity contribution in [2.45, 2.75) is 13.3 Å². The molecule has 0 atom stereocenters. The van der Waals surface area contributed by atoms with Gasteiger partial charge in [-0.25, -0.2) is 0 Å². The lowest BCUT2D eigenvalue weighted by Gasteiger charge is -2.03. The molecule has 0 heterocycles. The SMILES string of the molecule is CC(=O)c1ccc(Cc2ccc(Br)cc2)cc1. The molecule has 0 fully saturated rings. The zero-order chi connectivity index (χ0) is 12.3. The Labute approximate surface area is 110 Å². The average Bonchev–Trinajstić information content (AvgIpc) is 2.33. The second kappa shape index (κ2) is 5.28. The Bertz CT molecular complexity index is 512. The third-order valence-corrected chi connectivity index (χ3v) is 3.21. The fourth-order valence-electron chi connectivity index (χ4n) is 1.70. The number of ketones is 1. The number of benzene rings is 2. The Morgan fingerprint density at radius 2 is 1.41 bits per heavy atom. The maximum atomic E-state index is 11.1. The predicted octanol–water partition coefficient (Wildman–Crippen LogP) is 4.24. The summed E-state index contributed by atoms with van der Waals surface area (Å²) in [4.78, 5) is 11.1. The molecule has 0 bridgehead atoms. The zero-order valence-electron chi connectivity index (χ0n) is 9.61. The van der Waals surface area contributed by atoms with E-state index in [1.165, 1.54) is 11.1 Å². The quantitative estimate of drug-likeness (QED) is 0.772. The fourth-order valence-corrected chi connectivity index (χ4v) is 1.96. The van der Waals surface area contributed by atoms with Gasteiger partial charge in [0.05, 0.1) is 0 Å². The lowest BCUT2D eigenvalue weighted by molar-refractivity contribution is 0.101. The normalized spacial score (nSPS) is 10.2. The van der Waals surface area contributed by atoms with E-state index in [-0.39, 0.29) is 5.78 Å². The van der Waals surface area contributed by atoms with E-state index in [0.29, 0.717) is 0 Å². The van der Waals surface area contributed by atoms with Gasteiger partial charge in [0.15, 0.2) is 5.78 Å². The van der Waals surface area contributed by atoms with Gasteiger partial charge in [0.1, 0.15) is 0 Å². The summed E-state index contributed by atoms with van der Waals surface area (Å²) >= 11 is 3.42. The zero-order valence-corrected chi connectivity index (χ0v) is 11.2. The van der Waals surface area contributed by atoms with Gasteiger partial charge in [0, 0.05) is 10.0 Å². The molecule has 0 aliphatic carbocycles. The molecule has 2 aromatic carbocycles. The third-order valence-electron chi connectivity index (χ3n) is 2.68. The summed E-state index contributed by atoms with van der Waals surface area (Å²) in [5, 5.41) is 0. The van der Waals surface area contributed by atoms with Crippen LogP contribution in [0.2, 0.25) is 0 Å². The molecule has 2 heteroatoms. The molecule has 0 unspecified atom stereocenters. The van der Waals surface area contributed by atoms with Crippen LogP contribution in [-0.4, -0.2) is 5.78 Å². The molecule has 0 saturated carbocycles. The van der Waals surface area contributed by atoms with Crippen molar-refractivity contribution in [2.75, 3.05) is 0 Å². The molecule has 0 aliphatic rings. The van der Waals surface area contributed by atoms with Crippen LogP contribution in [0, 0.1) is 0 Å². The molecule has 0 radical (unpaired) electrons. The van der Waals surface area contributed by atoms with Gasteiger partial charge in [-0.15, -0.1) is 0 Å². The van der Waals surface area contributed by atoms with E-state index in [1.54, 1.807) is 6.92 Å². The van der Waals surface area contributed by atoms with Gasteiger partial charge in [-0.2, -0.15) is 0 Å². The lowest BCUT2D eigenvalue weighted by Crippen LogP contribution is -1.93. The summed E-state index contributed by atoms with van der Waals surface area (Å²) in [6, 6.07) is 16.1. The highest BCUT2D eigenvalue weighted by Gasteiger charge is 2.00. The van der Waals surface area contributed by atoms with E-state index >= 15 is 0 Å². The number of Topliss-reactive ketones (excluding diaryl/α,β-unsaturated/α-hetero) is 1. The van der Waals surface area contributed by atoms with E-state index in [4.69, 9.17) is 0 Å². The number of halogens is 1. The second-order valence-corrected chi connectivity index (χ2v) is 4.97. The molecular formula is C15H13BrO. The van der Waals surface area contributed by atoms with E-state index in [0.717, 1.165) is 16.5 Å². The Morgan fingerprint density at radius 3 is 1.88 bits per heavy atom. The van der Waals surface area contributed by atoms with Gasteiger partial charge >= 0.3 is 0 Å². The minimum atomic E-state index is 0.111. The van der Waals surface area contributed by atoms with Crippen molar-refractivity contribution in [3.63, 3.8) is 0 Å². The number of carbonyl (C=O) groups excluding carboxylic acids is 1. The van der Waals surface area contributed by atoms with Crippen LogP contribution in [-0.2, 0) is 6.42 Å². The molecule has 0 saturated heterocycles.